The zero-order valence-electron chi connectivity index (χ0n) is 17.5. The molecule has 3 aromatic rings. The van der Waals surface area contributed by atoms with E-state index in [1.165, 1.54) is 9.58 Å². The molecule has 10 heteroatoms. The number of carbonyl (C=O) groups excluding carboxylic acids is 3. The Morgan fingerprint density at radius 1 is 1.15 bits per heavy atom. The summed E-state index contributed by atoms with van der Waals surface area (Å²) in [6.07, 6.45) is 1.22. The van der Waals surface area contributed by atoms with E-state index >= 15 is 0 Å². The molecule has 0 bridgehead atoms. The van der Waals surface area contributed by atoms with Gasteiger partial charge < -0.3 is 10.6 Å². The number of para-hydroxylation sites is 1. The molecule has 1 aromatic heterocycles. The number of hydrogen-bond acceptors (Lipinski definition) is 4. The van der Waals surface area contributed by atoms with Crippen molar-refractivity contribution in [1.82, 2.24) is 19.8 Å². The van der Waals surface area contributed by atoms with Crippen molar-refractivity contribution in [2.24, 2.45) is 11.7 Å². The predicted octanol–water partition coefficient (Wildman–Crippen LogP) is 2.69. The average molecular weight is 470 g/mol. The van der Waals surface area contributed by atoms with Gasteiger partial charge in [0, 0.05) is 16.5 Å². The van der Waals surface area contributed by atoms with Crippen molar-refractivity contribution in [2.75, 3.05) is 0 Å². The number of nitrogens with two attached hydrogens (primary N) is 1. The molecule has 2 aliphatic rings. The molecule has 1 aliphatic heterocycles. The second-order valence-corrected chi connectivity index (χ2v) is 8.93. The van der Waals surface area contributed by atoms with Crippen LogP contribution in [0.3, 0.4) is 0 Å². The third-order valence-electron chi connectivity index (χ3n) is 6.30. The number of amides is 3. The molecule has 5 rings (SSSR count). The van der Waals surface area contributed by atoms with E-state index in [2.05, 4.69) is 5.10 Å². The van der Waals surface area contributed by atoms with Crippen LogP contribution in [0.4, 0.5) is 4.48 Å². The number of fused-ring (bicyclic) bond motifs is 2. The molecule has 170 valence electrons. The molecule has 0 radical (unpaired) electrons. The van der Waals surface area contributed by atoms with Crippen LogP contribution in [0.5, 0.6) is 0 Å². The summed E-state index contributed by atoms with van der Waals surface area (Å²) >= 11 is 5.95. The van der Waals surface area contributed by atoms with Gasteiger partial charge in [0.15, 0.2) is 5.69 Å². The number of likely N-dealkylation sites (tertiary alicyclic amines) is 1. The summed E-state index contributed by atoms with van der Waals surface area (Å²) in [4.78, 5) is 39.4. The highest BCUT2D eigenvalue weighted by atomic mass is 35.5. The lowest BCUT2D eigenvalue weighted by Crippen LogP contribution is -2.48. The number of piperidine rings is 1. The Balaban J connectivity index is 1.35. The average Bonchev–Trinajstić information content (AvgIpc) is 3.29. The summed E-state index contributed by atoms with van der Waals surface area (Å²) in [5.74, 6) is -1.60. The van der Waals surface area contributed by atoms with Crippen molar-refractivity contribution in [3.8, 4) is 0 Å². The Morgan fingerprint density at radius 2 is 1.94 bits per heavy atom. The van der Waals surface area contributed by atoms with E-state index in [0.29, 0.717) is 27.9 Å². The Labute approximate surface area is 193 Å². The first-order valence-electron chi connectivity index (χ1n) is 10.6. The van der Waals surface area contributed by atoms with Crippen molar-refractivity contribution in [3.63, 3.8) is 0 Å². The van der Waals surface area contributed by atoms with Crippen LogP contribution in [0.1, 0.15) is 28.9 Å². The van der Waals surface area contributed by atoms with Crippen LogP contribution in [0.2, 0.25) is 5.02 Å². The van der Waals surface area contributed by atoms with Gasteiger partial charge in [0.2, 0.25) is 5.91 Å². The van der Waals surface area contributed by atoms with E-state index in [9.17, 15) is 18.9 Å². The summed E-state index contributed by atoms with van der Waals surface area (Å²) < 4.78 is 16.2. The molecule has 2 N–H and O–H groups in total. The Bertz CT molecular complexity index is 1280. The van der Waals surface area contributed by atoms with E-state index in [-0.39, 0.29) is 41.8 Å². The minimum atomic E-state index is -0.872. The highest BCUT2D eigenvalue weighted by molar-refractivity contribution is 6.30. The van der Waals surface area contributed by atoms with Gasteiger partial charge in [-0.1, -0.05) is 46.4 Å². The molecule has 1 saturated carbocycles. The van der Waals surface area contributed by atoms with E-state index < -0.39 is 17.9 Å². The monoisotopic (exact) mass is 469 g/mol. The van der Waals surface area contributed by atoms with Gasteiger partial charge in [-0.05, 0) is 42.5 Å². The highest BCUT2D eigenvalue weighted by Crippen LogP contribution is 2.48. The maximum absolute atomic E-state index is 14.8. The maximum atomic E-state index is 14.8. The predicted molar refractivity (Wildman–Crippen MR) is 119 cm³/mol. The van der Waals surface area contributed by atoms with Gasteiger partial charge >= 0.3 is 0 Å². The van der Waals surface area contributed by atoms with E-state index in [1.54, 1.807) is 48.5 Å². The number of primary amides is 1. The fraction of sp³-hybridized carbons (Fsp3) is 0.304. The van der Waals surface area contributed by atoms with Crippen molar-refractivity contribution >= 4 is 40.2 Å². The van der Waals surface area contributed by atoms with Crippen molar-refractivity contribution < 1.29 is 18.9 Å². The Hall–Kier alpha value is -3.46. The quantitative estimate of drug-likeness (QED) is 0.561. The molecule has 0 spiro atoms. The summed E-state index contributed by atoms with van der Waals surface area (Å²) in [5, 5.41) is 5.37. The fourth-order valence-electron chi connectivity index (χ4n) is 4.71. The van der Waals surface area contributed by atoms with E-state index in [4.69, 9.17) is 17.3 Å². The summed E-state index contributed by atoms with van der Waals surface area (Å²) in [6, 6.07) is 12.6. The molecule has 1 aliphatic carbocycles. The summed E-state index contributed by atoms with van der Waals surface area (Å²) in [5.41, 5.74) is 6.65. The zero-order valence-corrected chi connectivity index (χ0v) is 18.3. The first kappa shape index (κ1) is 21.4. The minimum absolute atomic E-state index is 0.0770. The van der Waals surface area contributed by atoms with Crippen molar-refractivity contribution in [2.45, 2.75) is 38.0 Å². The molecule has 3 amide bonds. The Kier molecular flexibility index (Phi) is 5.28. The molecule has 33 heavy (non-hydrogen) atoms. The van der Waals surface area contributed by atoms with Crippen LogP contribution in [-0.4, -0.2) is 49.6 Å². The molecular weight excluding hydrogens is 449 g/mol. The van der Waals surface area contributed by atoms with Crippen LogP contribution in [0.25, 0.3) is 10.9 Å². The van der Waals surface area contributed by atoms with Gasteiger partial charge in [0.05, 0.1) is 12.1 Å². The van der Waals surface area contributed by atoms with E-state index in [1.807, 2.05) is 0 Å². The molecule has 0 unspecified atom stereocenters. The molecule has 8 nitrogen and oxygen atoms in total. The van der Waals surface area contributed by atoms with Crippen LogP contribution >= 0.6 is 11.6 Å². The molecule has 2 aromatic carbocycles. The number of carbonyl (C=O) groups is 3. The van der Waals surface area contributed by atoms with Gasteiger partial charge in [-0.25, -0.2) is 0 Å². The zero-order chi connectivity index (χ0) is 23.3. The van der Waals surface area contributed by atoms with Crippen LogP contribution < -0.4 is 5.73 Å². The number of hydrogen-bond donors (Lipinski definition) is 1. The van der Waals surface area contributed by atoms with Crippen LogP contribution in [-0.2, 0) is 22.7 Å². The third-order valence-corrected chi connectivity index (χ3v) is 6.54. The van der Waals surface area contributed by atoms with Crippen molar-refractivity contribution in [3.05, 3.63) is 64.8 Å². The van der Waals surface area contributed by atoms with Crippen LogP contribution in [0.15, 0.2) is 48.5 Å². The van der Waals surface area contributed by atoms with Crippen LogP contribution in [0, 0.1) is 5.92 Å². The number of benzene rings is 2. The number of halogens is 2. The van der Waals surface area contributed by atoms with Gasteiger partial charge in [-0.15, -0.1) is 0 Å². The Morgan fingerprint density at radius 3 is 2.70 bits per heavy atom. The maximum Gasteiger partial charge on any atom is 0.273 e. The first-order valence-corrected chi connectivity index (χ1v) is 11.0. The molecule has 3 atom stereocenters. The van der Waals surface area contributed by atoms with Gasteiger partial charge in [-0.3, -0.25) is 19.1 Å². The largest absolute Gasteiger partial charge is 0.364 e. The summed E-state index contributed by atoms with van der Waals surface area (Å²) in [7, 11) is 0. The SMILES string of the molecule is NC(=O)c1nn(CC(=O)N2[C@@H]3C[C@@H]3C[C@H]2C(=O)N(F)Cc2cccc(Cl)c2)c2ccccc12. The fourth-order valence-corrected chi connectivity index (χ4v) is 4.92. The van der Waals surface area contributed by atoms with Gasteiger partial charge in [-0.2, -0.15) is 10.2 Å². The highest BCUT2D eigenvalue weighted by Gasteiger charge is 2.56. The lowest BCUT2D eigenvalue weighted by Gasteiger charge is -2.28. The smallest absolute Gasteiger partial charge is 0.273 e. The number of rotatable bonds is 6. The second kappa shape index (κ2) is 8.15. The molecule has 1 saturated heterocycles. The number of nitrogens with zero attached hydrogens (tertiary/aromatic N) is 4. The van der Waals surface area contributed by atoms with E-state index in [0.717, 1.165) is 6.42 Å². The second-order valence-electron chi connectivity index (χ2n) is 8.49. The van der Waals surface area contributed by atoms with Crippen molar-refractivity contribution in [1.29, 1.82) is 0 Å². The van der Waals surface area contributed by atoms with Gasteiger partial charge in [0.25, 0.3) is 11.8 Å². The lowest BCUT2D eigenvalue weighted by atomic mass is 10.1. The lowest BCUT2D eigenvalue weighted by molar-refractivity contribution is -0.157. The van der Waals surface area contributed by atoms with Gasteiger partial charge in [0.1, 0.15) is 12.6 Å². The minimum Gasteiger partial charge on any atom is -0.364 e. The molecule has 2 fully saturated rings. The molecule has 2 heterocycles. The number of aromatic nitrogens is 2. The third kappa shape index (κ3) is 3.93. The molecular formula is C23H21ClFN5O3. The topological polar surface area (TPSA) is 102 Å². The normalized spacial score (nSPS) is 21.2. The standard InChI is InChI=1S/C23H21ClFN5O3/c24-15-5-3-4-13(8-15)11-28(25)23(33)19-10-14-9-18(14)30(19)20(31)12-29-17-7-2-1-6-16(17)21(27-29)22(26)32/h1-8,14,18-19H,9-12H2,(H2,26,32)/t14-,18-,19+/m1/s1. The first-order chi connectivity index (χ1) is 15.8. The summed E-state index contributed by atoms with van der Waals surface area (Å²) in [6.45, 7) is -0.430.